The molecule has 0 amide bonds. The van der Waals surface area contributed by atoms with Gasteiger partial charge in [0.05, 0.1) is 48.8 Å². The average molecular weight is 284 g/mol. The van der Waals surface area contributed by atoms with E-state index in [0.717, 1.165) is 6.33 Å². The molecule has 0 aromatic carbocycles. The summed E-state index contributed by atoms with van der Waals surface area (Å²) < 4.78 is 14.0. The highest BCUT2D eigenvalue weighted by atomic mass is 19.1. The lowest BCUT2D eigenvalue weighted by Crippen LogP contribution is -2.41. The summed E-state index contributed by atoms with van der Waals surface area (Å²) in [6.45, 7) is -0.407. The fourth-order valence-corrected chi connectivity index (χ4v) is 2.70. The van der Waals surface area contributed by atoms with E-state index in [1.165, 1.54) is 0 Å². The Bertz CT molecular complexity index is 619. The van der Waals surface area contributed by atoms with Gasteiger partial charge in [-0.15, -0.1) is 0 Å². The van der Waals surface area contributed by atoms with Gasteiger partial charge in [-0.2, -0.15) is 4.39 Å². The van der Waals surface area contributed by atoms with Crippen molar-refractivity contribution in [3.8, 4) is 0 Å². The number of aliphatic hydroxyl groups is 3. The number of fused-ring (bicyclic) bond motifs is 1. The number of aromatic nitrogens is 2. The minimum Gasteiger partial charge on any atom is -0.395 e. The molecule has 0 spiro atoms. The average Bonchev–Trinajstić information content (AvgIpc) is 2.90. The number of rotatable bonds is 2. The molecule has 0 radical (unpaired) electrons. The first kappa shape index (κ1) is 13.3. The van der Waals surface area contributed by atoms with Crippen molar-refractivity contribution in [3.63, 3.8) is 0 Å². The van der Waals surface area contributed by atoms with Crippen LogP contribution in [0.1, 0.15) is 11.6 Å². The molecule has 1 unspecified atom stereocenters. The molecule has 2 aliphatic heterocycles. The van der Waals surface area contributed by atoms with Gasteiger partial charge in [0.2, 0.25) is 5.97 Å². The van der Waals surface area contributed by atoms with E-state index >= 15 is 0 Å². The van der Waals surface area contributed by atoms with Crippen LogP contribution in [0.15, 0.2) is 16.1 Å². The van der Waals surface area contributed by atoms with Crippen LogP contribution >= 0.6 is 0 Å². The second-order valence-electron chi connectivity index (χ2n) is 4.84. The van der Waals surface area contributed by atoms with Crippen molar-refractivity contribution in [2.24, 2.45) is 4.99 Å². The predicted octanol–water partition coefficient (Wildman–Crippen LogP) is -2.08. The van der Waals surface area contributed by atoms with Gasteiger partial charge in [-0.1, -0.05) is 0 Å². The van der Waals surface area contributed by atoms with Crippen LogP contribution in [-0.2, 0) is 0 Å². The lowest BCUT2D eigenvalue weighted by atomic mass is 9.93. The van der Waals surface area contributed by atoms with E-state index in [1.807, 2.05) is 0 Å². The number of halogens is 1. The second kappa shape index (κ2) is 4.70. The van der Waals surface area contributed by atoms with Crippen LogP contribution in [0.3, 0.4) is 0 Å². The molecule has 8 nitrogen and oxygen atoms in total. The molecule has 0 aliphatic carbocycles. The normalized spacial score (nSPS) is 36.0. The van der Waals surface area contributed by atoms with Crippen LogP contribution in [0.4, 0.5) is 10.1 Å². The number of aromatic amines is 1. The Morgan fingerprint density at radius 3 is 2.75 bits per heavy atom. The molecule has 9 heteroatoms. The molecule has 1 aromatic heterocycles. The smallest absolute Gasteiger partial charge is 0.276 e. The Morgan fingerprint density at radius 2 is 2.10 bits per heavy atom. The second-order valence-corrected chi connectivity index (χ2v) is 4.84. The van der Waals surface area contributed by atoms with Gasteiger partial charge >= 0.3 is 0 Å². The largest absolute Gasteiger partial charge is 0.395 e. The summed E-state index contributed by atoms with van der Waals surface area (Å²) in [6, 6.07) is -1.68. The van der Waals surface area contributed by atoms with Gasteiger partial charge in [-0.3, -0.25) is 4.79 Å². The van der Waals surface area contributed by atoms with Crippen molar-refractivity contribution in [1.82, 2.24) is 15.3 Å². The summed E-state index contributed by atoms with van der Waals surface area (Å²) in [5, 5.41) is 31.6. The lowest BCUT2D eigenvalue weighted by molar-refractivity contribution is 0.0185. The van der Waals surface area contributed by atoms with Crippen LogP contribution in [0, 0.1) is 0 Å². The third-order valence-corrected chi connectivity index (χ3v) is 3.72. The minimum absolute atomic E-state index is 0.105. The molecule has 0 bridgehead atoms. The van der Waals surface area contributed by atoms with Crippen molar-refractivity contribution >= 4 is 11.7 Å². The van der Waals surface area contributed by atoms with Gasteiger partial charge in [0.1, 0.15) is 0 Å². The zero-order valence-corrected chi connectivity index (χ0v) is 10.2. The molecule has 2 aliphatic rings. The van der Waals surface area contributed by atoms with E-state index < -0.39 is 48.3 Å². The third kappa shape index (κ3) is 1.79. The van der Waals surface area contributed by atoms with E-state index in [4.69, 9.17) is 5.11 Å². The van der Waals surface area contributed by atoms with E-state index in [0.29, 0.717) is 0 Å². The third-order valence-electron chi connectivity index (χ3n) is 3.72. The molecule has 5 atom stereocenters. The van der Waals surface area contributed by atoms with Gasteiger partial charge in [0.15, 0.2) is 5.69 Å². The Morgan fingerprint density at radius 1 is 1.35 bits per heavy atom. The Balaban J connectivity index is 1.99. The van der Waals surface area contributed by atoms with Crippen molar-refractivity contribution in [2.45, 2.75) is 30.2 Å². The maximum Gasteiger partial charge on any atom is 0.276 e. The number of hydrogen-bond acceptors (Lipinski definition) is 7. The van der Waals surface area contributed by atoms with E-state index in [2.05, 4.69) is 20.3 Å². The van der Waals surface area contributed by atoms with Gasteiger partial charge in [0, 0.05) is 0 Å². The quantitative estimate of drug-likeness (QED) is 0.424. The summed E-state index contributed by atoms with van der Waals surface area (Å²) in [5.41, 5.74) is -0.598. The molecule has 108 valence electrons. The summed E-state index contributed by atoms with van der Waals surface area (Å²) in [4.78, 5) is 21.3. The highest BCUT2D eigenvalue weighted by Gasteiger charge is 2.49. The molecule has 3 heterocycles. The van der Waals surface area contributed by atoms with Gasteiger partial charge < -0.3 is 25.6 Å². The number of H-pyrrole nitrogens is 1. The summed E-state index contributed by atoms with van der Waals surface area (Å²) in [7, 11) is 0. The SMILES string of the molecule is O=c1[nH]cnc2c1N=C(F)C2[C@H]1N[C@@H](CO)[C@H](O)[C@@H]1O. The van der Waals surface area contributed by atoms with Crippen LogP contribution in [0.2, 0.25) is 0 Å². The van der Waals surface area contributed by atoms with E-state index in [1.54, 1.807) is 0 Å². The standard InChI is InChI=1S/C11H13FN4O4/c12-10-4(5-7(16-10)11(20)14-2-13-5)6-9(19)8(18)3(1-17)15-6/h2-4,6,8-9,15,17-19H,1H2,(H,13,14,20)/t3-,4?,6+,8-,9+/m0/s1. The highest BCUT2D eigenvalue weighted by molar-refractivity contribution is 5.91. The molecule has 0 saturated carbocycles. The number of nitrogens with zero attached hydrogens (tertiary/aromatic N) is 2. The molecule has 3 rings (SSSR count). The molecule has 1 aromatic rings. The number of hydrogen-bond donors (Lipinski definition) is 5. The summed E-state index contributed by atoms with van der Waals surface area (Å²) in [6.07, 6.45) is -1.40. The highest BCUT2D eigenvalue weighted by Crippen LogP contribution is 2.37. The zero-order chi connectivity index (χ0) is 14.4. The van der Waals surface area contributed by atoms with Crippen molar-refractivity contribution in [2.75, 3.05) is 6.61 Å². The van der Waals surface area contributed by atoms with Crippen molar-refractivity contribution in [1.29, 1.82) is 0 Å². The van der Waals surface area contributed by atoms with Crippen molar-refractivity contribution < 1.29 is 19.7 Å². The topological polar surface area (TPSA) is 131 Å². The van der Waals surface area contributed by atoms with Gasteiger partial charge in [-0.05, 0) is 0 Å². The summed E-state index contributed by atoms with van der Waals surface area (Å²) in [5.74, 6) is -1.92. The molecule has 20 heavy (non-hydrogen) atoms. The van der Waals surface area contributed by atoms with Crippen molar-refractivity contribution in [3.05, 3.63) is 22.4 Å². The van der Waals surface area contributed by atoms with E-state index in [9.17, 15) is 19.4 Å². The molecule has 1 fully saturated rings. The van der Waals surface area contributed by atoms with Crippen LogP contribution < -0.4 is 10.9 Å². The molecule has 1 saturated heterocycles. The first-order chi connectivity index (χ1) is 9.54. The maximum absolute atomic E-state index is 14.0. The Hall–Kier alpha value is -1.68. The number of aliphatic imine (C=N–C) groups is 1. The first-order valence-corrected chi connectivity index (χ1v) is 6.09. The maximum atomic E-state index is 14.0. The van der Waals surface area contributed by atoms with E-state index in [-0.39, 0.29) is 11.4 Å². The van der Waals surface area contributed by atoms with Crippen LogP contribution in [-0.4, -0.2) is 62.2 Å². The molecular weight excluding hydrogens is 271 g/mol. The predicted molar refractivity (Wildman–Crippen MR) is 65.6 cm³/mol. The minimum atomic E-state index is -1.30. The number of aliphatic hydroxyl groups excluding tert-OH is 3. The lowest BCUT2D eigenvalue weighted by Gasteiger charge is -2.21. The molecule has 5 N–H and O–H groups in total. The fraction of sp³-hybridized carbons (Fsp3) is 0.545. The van der Waals surface area contributed by atoms with Crippen LogP contribution in [0.5, 0.6) is 0 Å². The Kier molecular flexibility index (Phi) is 3.13. The monoisotopic (exact) mass is 284 g/mol. The van der Waals surface area contributed by atoms with Gasteiger partial charge in [0.25, 0.3) is 5.56 Å². The number of nitrogens with one attached hydrogen (secondary N) is 2. The molecular formula is C11H13FN4O4. The van der Waals surface area contributed by atoms with Gasteiger partial charge in [-0.25, -0.2) is 9.98 Å². The Labute approximate surface area is 112 Å². The zero-order valence-electron chi connectivity index (χ0n) is 10.2. The summed E-state index contributed by atoms with van der Waals surface area (Å²) >= 11 is 0. The van der Waals surface area contributed by atoms with Crippen LogP contribution in [0.25, 0.3) is 0 Å². The fourth-order valence-electron chi connectivity index (χ4n) is 2.70. The first-order valence-electron chi connectivity index (χ1n) is 6.09.